The van der Waals surface area contributed by atoms with Gasteiger partial charge in [0.2, 0.25) is 0 Å². The van der Waals surface area contributed by atoms with Gasteiger partial charge in [-0.05, 0) is 37.5 Å². The van der Waals surface area contributed by atoms with Crippen LogP contribution in [0.3, 0.4) is 0 Å². The molecular weight excluding hydrogens is 319 g/mol. The van der Waals surface area contributed by atoms with Crippen molar-refractivity contribution in [2.24, 2.45) is 5.92 Å². The third-order valence-electron chi connectivity index (χ3n) is 3.14. The largest absolute Gasteiger partial charge is 0.418 e. The highest BCUT2D eigenvalue weighted by atomic mass is 79.9. The molecule has 0 spiro atoms. The molecule has 0 saturated carbocycles. The SMILES string of the molecule is CCC(C)CC(C)Nc1ccc(Br)cc1C(F)(F)F. The molecular formula is C14H19BrF3N. The molecule has 0 bridgehead atoms. The number of alkyl halides is 3. The van der Waals surface area contributed by atoms with E-state index in [1.54, 1.807) is 6.07 Å². The Morgan fingerprint density at radius 2 is 1.89 bits per heavy atom. The minimum atomic E-state index is -4.35. The highest BCUT2D eigenvalue weighted by Crippen LogP contribution is 2.37. The van der Waals surface area contributed by atoms with Gasteiger partial charge in [-0.2, -0.15) is 13.2 Å². The fraction of sp³-hybridized carbons (Fsp3) is 0.571. The first kappa shape index (κ1) is 16.3. The lowest BCUT2D eigenvalue weighted by Crippen LogP contribution is -2.21. The molecule has 0 aliphatic heterocycles. The highest BCUT2D eigenvalue weighted by Gasteiger charge is 2.34. The zero-order valence-electron chi connectivity index (χ0n) is 11.3. The molecule has 0 aromatic heterocycles. The molecule has 5 heteroatoms. The molecule has 1 N–H and O–H groups in total. The van der Waals surface area contributed by atoms with Crippen molar-refractivity contribution in [3.8, 4) is 0 Å². The highest BCUT2D eigenvalue weighted by molar-refractivity contribution is 9.10. The smallest absolute Gasteiger partial charge is 0.382 e. The molecule has 0 saturated heterocycles. The minimum Gasteiger partial charge on any atom is -0.382 e. The van der Waals surface area contributed by atoms with E-state index in [-0.39, 0.29) is 11.7 Å². The summed E-state index contributed by atoms with van der Waals surface area (Å²) in [5.74, 6) is 0.493. The van der Waals surface area contributed by atoms with E-state index in [9.17, 15) is 13.2 Å². The summed E-state index contributed by atoms with van der Waals surface area (Å²) in [6, 6.07) is 4.21. The van der Waals surface area contributed by atoms with Crippen LogP contribution >= 0.6 is 15.9 Å². The lowest BCUT2D eigenvalue weighted by atomic mass is 10.00. The third-order valence-corrected chi connectivity index (χ3v) is 3.64. The lowest BCUT2D eigenvalue weighted by molar-refractivity contribution is -0.137. The predicted octanol–water partition coefficient (Wildman–Crippen LogP) is 5.70. The third kappa shape index (κ3) is 5.05. The number of hydrogen-bond acceptors (Lipinski definition) is 1. The van der Waals surface area contributed by atoms with Gasteiger partial charge in [0.05, 0.1) is 5.56 Å². The van der Waals surface area contributed by atoms with Crippen LogP contribution in [0.4, 0.5) is 18.9 Å². The molecule has 108 valence electrons. The Bertz CT molecular complexity index is 418. The van der Waals surface area contributed by atoms with Gasteiger partial charge in [0.25, 0.3) is 0 Å². The molecule has 0 fully saturated rings. The first-order valence-electron chi connectivity index (χ1n) is 6.37. The van der Waals surface area contributed by atoms with Gasteiger partial charge >= 0.3 is 6.18 Å². The van der Waals surface area contributed by atoms with Gasteiger partial charge in [0.15, 0.2) is 0 Å². The van der Waals surface area contributed by atoms with Gasteiger partial charge in [-0.25, -0.2) is 0 Å². The van der Waals surface area contributed by atoms with Crippen LogP contribution in [0.15, 0.2) is 22.7 Å². The molecule has 1 nitrogen and oxygen atoms in total. The first-order chi connectivity index (χ1) is 8.74. The van der Waals surface area contributed by atoms with Crippen LogP contribution in [-0.4, -0.2) is 6.04 Å². The maximum atomic E-state index is 12.9. The summed E-state index contributed by atoms with van der Waals surface area (Å²) in [5, 5.41) is 2.97. The molecule has 0 radical (unpaired) electrons. The van der Waals surface area contributed by atoms with Crippen molar-refractivity contribution in [1.29, 1.82) is 0 Å². The van der Waals surface area contributed by atoms with Gasteiger partial charge < -0.3 is 5.32 Å². The molecule has 0 amide bonds. The Balaban J connectivity index is 2.89. The van der Waals surface area contributed by atoms with Crippen LogP contribution in [0.5, 0.6) is 0 Å². The van der Waals surface area contributed by atoms with Crippen LogP contribution in [0.2, 0.25) is 0 Å². The predicted molar refractivity (Wildman–Crippen MR) is 76.3 cm³/mol. The molecule has 2 unspecified atom stereocenters. The number of hydrogen-bond donors (Lipinski definition) is 1. The molecule has 0 aliphatic carbocycles. The first-order valence-corrected chi connectivity index (χ1v) is 7.16. The van der Waals surface area contributed by atoms with Gasteiger partial charge in [-0.3, -0.25) is 0 Å². The van der Waals surface area contributed by atoms with Gasteiger partial charge in [0.1, 0.15) is 0 Å². The second-order valence-corrected chi connectivity index (χ2v) is 5.90. The van der Waals surface area contributed by atoms with Crippen molar-refractivity contribution in [3.63, 3.8) is 0 Å². The van der Waals surface area contributed by atoms with E-state index in [0.717, 1.165) is 18.9 Å². The average Bonchev–Trinajstić information content (AvgIpc) is 2.29. The molecule has 1 aromatic rings. The maximum Gasteiger partial charge on any atom is 0.418 e. The van der Waals surface area contributed by atoms with Crippen LogP contribution in [0, 0.1) is 5.92 Å². The molecule has 19 heavy (non-hydrogen) atoms. The summed E-state index contributed by atoms with van der Waals surface area (Å²) in [4.78, 5) is 0. The van der Waals surface area contributed by atoms with E-state index in [2.05, 4.69) is 35.1 Å². The van der Waals surface area contributed by atoms with E-state index in [4.69, 9.17) is 0 Å². The lowest BCUT2D eigenvalue weighted by Gasteiger charge is -2.21. The Morgan fingerprint density at radius 1 is 1.26 bits per heavy atom. The summed E-state index contributed by atoms with van der Waals surface area (Å²) in [6.45, 7) is 6.09. The van der Waals surface area contributed by atoms with Crippen LogP contribution < -0.4 is 5.32 Å². The Morgan fingerprint density at radius 3 is 2.42 bits per heavy atom. The van der Waals surface area contributed by atoms with Gasteiger partial charge in [-0.15, -0.1) is 0 Å². The van der Waals surface area contributed by atoms with Crippen LogP contribution in [-0.2, 0) is 6.18 Å². The Kier molecular flexibility index (Phi) is 5.71. The fourth-order valence-electron chi connectivity index (χ4n) is 1.97. The van der Waals surface area contributed by atoms with Crippen molar-refractivity contribution >= 4 is 21.6 Å². The van der Waals surface area contributed by atoms with E-state index in [1.165, 1.54) is 6.07 Å². The topological polar surface area (TPSA) is 12.0 Å². The number of halogens is 4. The molecule has 2 atom stereocenters. The van der Waals surface area contributed by atoms with Crippen LogP contribution in [0.25, 0.3) is 0 Å². The standard InChI is InChI=1S/C14H19BrF3N/c1-4-9(2)7-10(3)19-13-6-5-11(15)8-12(13)14(16,17)18/h5-6,8-10,19H,4,7H2,1-3H3. The van der Waals surface area contributed by atoms with Gasteiger partial charge in [0, 0.05) is 16.2 Å². The van der Waals surface area contributed by atoms with Crippen LogP contribution in [0.1, 0.15) is 39.2 Å². The number of anilines is 1. The fourth-order valence-corrected chi connectivity index (χ4v) is 2.33. The Hall–Kier alpha value is -0.710. The molecule has 0 heterocycles. The zero-order valence-corrected chi connectivity index (χ0v) is 12.9. The van der Waals surface area contributed by atoms with Gasteiger partial charge in [-0.1, -0.05) is 36.2 Å². The molecule has 0 aliphatic rings. The minimum absolute atomic E-state index is 0.0113. The second-order valence-electron chi connectivity index (χ2n) is 4.98. The summed E-state index contributed by atoms with van der Waals surface area (Å²) in [5.41, 5.74) is -0.482. The number of nitrogens with one attached hydrogen (secondary N) is 1. The number of rotatable bonds is 5. The summed E-state index contributed by atoms with van der Waals surface area (Å²) >= 11 is 3.08. The summed E-state index contributed by atoms with van der Waals surface area (Å²) < 4.78 is 39.3. The quantitative estimate of drug-likeness (QED) is 0.726. The second kappa shape index (κ2) is 6.64. The Labute approximate surface area is 120 Å². The van der Waals surface area contributed by atoms with Crippen molar-refractivity contribution in [2.75, 3.05) is 5.32 Å². The average molecular weight is 338 g/mol. The van der Waals surface area contributed by atoms with Crippen molar-refractivity contribution in [1.82, 2.24) is 0 Å². The monoisotopic (exact) mass is 337 g/mol. The van der Waals surface area contributed by atoms with Crippen molar-refractivity contribution in [3.05, 3.63) is 28.2 Å². The van der Waals surface area contributed by atoms with Crippen molar-refractivity contribution < 1.29 is 13.2 Å². The van der Waals surface area contributed by atoms with Crippen molar-refractivity contribution in [2.45, 2.75) is 45.8 Å². The summed E-state index contributed by atoms with van der Waals surface area (Å²) in [7, 11) is 0. The normalized spacial score (nSPS) is 15.1. The molecule has 1 rings (SSSR count). The van der Waals surface area contributed by atoms with E-state index in [1.807, 2.05) is 6.92 Å². The molecule has 1 aromatic carbocycles. The van der Waals surface area contributed by atoms with E-state index in [0.29, 0.717) is 10.4 Å². The summed E-state index contributed by atoms with van der Waals surface area (Å²) in [6.07, 6.45) is -2.47. The van der Waals surface area contributed by atoms with E-state index >= 15 is 0 Å². The van der Waals surface area contributed by atoms with E-state index < -0.39 is 11.7 Å². The number of benzene rings is 1. The maximum absolute atomic E-state index is 12.9. The zero-order chi connectivity index (χ0) is 14.6.